The lowest BCUT2D eigenvalue weighted by Gasteiger charge is -2.23. The summed E-state index contributed by atoms with van der Waals surface area (Å²) in [6, 6.07) is 6.16. The van der Waals surface area contributed by atoms with Crippen molar-refractivity contribution in [1.29, 1.82) is 0 Å². The van der Waals surface area contributed by atoms with Crippen molar-refractivity contribution >= 4 is 22.9 Å². The first-order valence-corrected chi connectivity index (χ1v) is 7.93. The molecule has 0 radical (unpaired) electrons. The van der Waals surface area contributed by atoms with Crippen LogP contribution in [0.1, 0.15) is 31.2 Å². The zero-order valence-electron chi connectivity index (χ0n) is 12.1. The number of anilines is 1. The Balaban J connectivity index is 2.00. The number of nitrogens with zero attached hydrogens (tertiary/aromatic N) is 1. The summed E-state index contributed by atoms with van der Waals surface area (Å²) in [5, 5.41) is 9.75. The van der Waals surface area contributed by atoms with Gasteiger partial charge < -0.3 is 10.0 Å². The summed E-state index contributed by atoms with van der Waals surface area (Å²) in [7, 11) is 0. The quantitative estimate of drug-likeness (QED) is 0.825. The van der Waals surface area contributed by atoms with Crippen LogP contribution in [0.5, 0.6) is 0 Å². The summed E-state index contributed by atoms with van der Waals surface area (Å²) in [6.45, 7) is 1.14. The van der Waals surface area contributed by atoms with Crippen LogP contribution < -0.4 is 4.90 Å². The molecule has 0 saturated carbocycles. The highest BCUT2D eigenvalue weighted by molar-refractivity contribution is 6.31. The fourth-order valence-corrected chi connectivity index (χ4v) is 3.13. The first-order valence-electron chi connectivity index (χ1n) is 7.55. The van der Waals surface area contributed by atoms with Gasteiger partial charge in [-0.2, -0.15) is 0 Å². The molecule has 3 heteroatoms. The maximum Gasteiger partial charge on any atom is 0.0497 e. The highest BCUT2D eigenvalue weighted by Crippen LogP contribution is 2.39. The Morgan fingerprint density at radius 3 is 2.95 bits per heavy atom. The molecule has 1 N–H and O–H groups in total. The van der Waals surface area contributed by atoms with Crippen molar-refractivity contribution in [2.75, 3.05) is 18.1 Å². The van der Waals surface area contributed by atoms with Crippen molar-refractivity contribution in [3.05, 3.63) is 58.8 Å². The van der Waals surface area contributed by atoms with Gasteiger partial charge in [0, 0.05) is 35.6 Å². The topological polar surface area (TPSA) is 23.5 Å². The van der Waals surface area contributed by atoms with Crippen LogP contribution in [0.2, 0.25) is 5.02 Å². The van der Waals surface area contributed by atoms with Crippen molar-refractivity contribution in [2.45, 2.75) is 25.7 Å². The van der Waals surface area contributed by atoms with Gasteiger partial charge in [0.25, 0.3) is 0 Å². The molecule has 2 aliphatic rings. The average Bonchev–Trinajstić information content (AvgIpc) is 2.65. The molecule has 1 aromatic carbocycles. The number of halogens is 1. The zero-order valence-corrected chi connectivity index (χ0v) is 12.8. The molecule has 0 amide bonds. The first-order chi connectivity index (χ1) is 10.3. The van der Waals surface area contributed by atoms with Gasteiger partial charge >= 0.3 is 0 Å². The highest BCUT2D eigenvalue weighted by Gasteiger charge is 2.19. The van der Waals surface area contributed by atoms with E-state index >= 15 is 0 Å². The Morgan fingerprint density at radius 1 is 1.19 bits per heavy atom. The van der Waals surface area contributed by atoms with E-state index in [0.717, 1.165) is 37.3 Å². The molecule has 2 nitrogen and oxygen atoms in total. The number of hydrogen-bond donors (Lipinski definition) is 1. The minimum Gasteiger partial charge on any atom is -0.396 e. The van der Waals surface area contributed by atoms with Gasteiger partial charge in [0.15, 0.2) is 0 Å². The van der Waals surface area contributed by atoms with Gasteiger partial charge in [-0.25, -0.2) is 0 Å². The number of aliphatic hydroxyl groups is 1. The lowest BCUT2D eigenvalue weighted by Crippen LogP contribution is -2.18. The van der Waals surface area contributed by atoms with Crippen LogP contribution in [0.25, 0.3) is 5.57 Å². The van der Waals surface area contributed by atoms with Crippen molar-refractivity contribution < 1.29 is 5.11 Å². The molecule has 0 bridgehead atoms. The molecule has 1 aromatic rings. The molecule has 1 heterocycles. The molecule has 110 valence electrons. The highest BCUT2D eigenvalue weighted by atomic mass is 35.5. The number of rotatable bonds is 4. The Morgan fingerprint density at radius 2 is 2.10 bits per heavy atom. The number of allylic oxidation sites excluding steroid dienone is 5. The van der Waals surface area contributed by atoms with Crippen molar-refractivity contribution in [3.8, 4) is 0 Å². The molecule has 0 spiro atoms. The summed E-state index contributed by atoms with van der Waals surface area (Å²) >= 11 is 6.21. The van der Waals surface area contributed by atoms with Gasteiger partial charge in [0.05, 0.1) is 0 Å². The smallest absolute Gasteiger partial charge is 0.0497 e. The molecular formula is C18H20ClNO. The van der Waals surface area contributed by atoms with Crippen LogP contribution in [0, 0.1) is 0 Å². The maximum absolute atomic E-state index is 8.98. The van der Waals surface area contributed by atoms with E-state index in [2.05, 4.69) is 41.5 Å². The summed E-state index contributed by atoms with van der Waals surface area (Å²) in [6.07, 6.45) is 12.8. The fraction of sp³-hybridized carbons (Fsp3) is 0.333. The van der Waals surface area contributed by atoms with E-state index in [0.29, 0.717) is 0 Å². The summed E-state index contributed by atoms with van der Waals surface area (Å²) in [4.78, 5) is 2.25. The summed E-state index contributed by atoms with van der Waals surface area (Å²) in [5.74, 6) is 0. The molecule has 1 aliphatic carbocycles. The minimum atomic E-state index is 0.247. The third-order valence-corrected chi connectivity index (χ3v) is 4.28. The average molecular weight is 302 g/mol. The van der Waals surface area contributed by atoms with Crippen LogP contribution in [0.3, 0.4) is 0 Å². The third kappa shape index (κ3) is 3.07. The number of unbranched alkanes of at least 4 members (excludes halogenated alkanes) is 1. The van der Waals surface area contributed by atoms with Crippen LogP contribution in [-0.4, -0.2) is 18.3 Å². The van der Waals surface area contributed by atoms with E-state index in [1.807, 2.05) is 6.07 Å². The lowest BCUT2D eigenvalue weighted by molar-refractivity contribution is 0.285. The van der Waals surface area contributed by atoms with Crippen LogP contribution in [0.4, 0.5) is 5.69 Å². The molecule has 0 unspecified atom stereocenters. The van der Waals surface area contributed by atoms with E-state index < -0.39 is 0 Å². The van der Waals surface area contributed by atoms with Gasteiger partial charge in [-0.1, -0.05) is 29.8 Å². The van der Waals surface area contributed by atoms with Gasteiger partial charge in [0.2, 0.25) is 0 Å². The Bertz CT molecular complexity index is 616. The van der Waals surface area contributed by atoms with Crippen molar-refractivity contribution in [1.82, 2.24) is 0 Å². The summed E-state index contributed by atoms with van der Waals surface area (Å²) < 4.78 is 0. The SMILES string of the molecule is OCCCCN1C=CC2=C(CCC=C2)c2ccc(Cl)cc21. The Kier molecular flexibility index (Phi) is 4.47. The van der Waals surface area contributed by atoms with Crippen LogP contribution in [0.15, 0.2) is 48.2 Å². The van der Waals surface area contributed by atoms with E-state index in [-0.39, 0.29) is 6.61 Å². The van der Waals surface area contributed by atoms with E-state index in [4.69, 9.17) is 16.7 Å². The van der Waals surface area contributed by atoms with E-state index in [1.165, 1.54) is 22.4 Å². The molecule has 3 rings (SSSR count). The normalized spacial score (nSPS) is 16.8. The van der Waals surface area contributed by atoms with Gasteiger partial charge in [-0.15, -0.1) is 0 Å². The second-order valence-electron chi connectivity index (χ2n) is 5.48. The zero-order chi connectivity index (χ0) is 14.7. The number of aliphatic hydroxyl groups excluding tert-OH is 1. The van der Waals surface area contributed by atoms with Gasteiger partial charge in [0.1, 0.15) is 0 Å². The lowest BCUT2D eigenvalue weighted by atomic mass is 9.91. The van der Waals surface area contributed by atoms with Crippen molar-refractivity contribution in [3.63, 3.8) is 0 Å². The fourth-order valence-electron chi connectivity index (χ4n) is 2.97. The standard InChI is InChI=1S/C18H20ClNO/c19-15-7-8-17-16-6-2-1-5-14(16)9-11-20(18(17)13-15)10-3-4-12-21/h1,5,7-9,11,13,21H,2-4,6,10,12H2. The number of hydrogen-bond acceptors (Lipinski definition) is 2. The summed E-state index contributed by atoms with van der Waals surface area (Å²) in [5.41, 5.74) is 5.17. The second kappa shape index (κ2) is 6.50. The Labute approximate surface area is 131 Å². The van der Waals surface area contributed by atoms with Crippen LogP contribution in [-0.2, 0) is 0 Å². The number of benzene rings is 1. The molecule has 1 aliphatic heterocycles. The molecule has 0 saturated heterocycles. The largest absolute Gasteiger partial charge is 0.396 e. The third-order valence-electron chi connectivity index (χ3n) is 4.04. The molecule has 0 atom stereocenters. The predicted octanol–water partition coefficient (Wildman–Crippen LogP) is 4.55. The van der Waals surface area contributed by atoms with E-state index in [9.17, 15) is 0 Å². The number of fused-ring (bicyclic) bond motifs is 2. The molecule has 0 aromatic heterocycles. The maximum atomic E-state index is 8.98. The van der Waals surface area contributed by atoms with Crippen molar-refractivity contribution in [2.24, 2.45) is 0 Å². The molecule has 21 heavy (non-hydrogen) atoms. The second-order valence-corrected chi connectivity index (χ2v) is 5.91. The molecule has 0 fully saturated rings. The Hall–Kier alpha value is -1.51. The van der Waals surface area contributed by atoms with Gasteiger partial charge in [-0.05, 0) is 55.0 Å². The monoisotopic (exact) mass is 301 g/mol. The molecular weight excluding hydrogens is 282 g/mol. The first kappa shape index (κ1) is 14.4. The van der Waals surface area contributed by atoms with Crippen LogP contribution >= 0.6 is 11.6 Å². The predicted molar refractivity (Wildman–Crippen MR) is 89.6 cm³/mol. The minimum absolute atomic E-state index is 0.247. The van der Waals surface area contributed by atoms with E-state index in [1.54, 1.807) is 0 Å². The van der Waals surface area contributed by atoms with Gasteiger partial charge in [-0.3, -0.25) is 0 Å².